The van der Waals surface area contributed by atoms with E-state index >= 15 is 0 Å². The van der Waals surface area contributed by atoms with E-state index in [1.54, 1.807) is 0 Å². The van der Waals surface area contributed by atoms with Crippen molar-refractivity contribution in [2.75, 3.05) is 0 Å². The van der Waals surface area contributed by atoms with Gasteiger partial charge in [-0.15, -0.1) is 11.8 Å². The monoisotopic (exact) mass is 660 g/mol. The molecule has 3 rings (SSSR count). The smallest absolute Gasteiger partial charge is 0.330 e. The molecule has 1 aromatic heterocycles. The number of nitrogens with one attached hydrogen (secondary N) is 1. The standard InChI is InChI=1S/C35H56N2O6SSi/c1-10-12-16-21-35(9,44-27-17-14-13-15-18-27)22-19-30(39)42-31-28(11-2)41-33(37-23-20-29(38)36-34(37)40)32(31)43-45(24(3)4,25(5)6)26(7)8/h13-15,17-18,20,23-26,28,31-33H,10-12,16,19,21-22H2,1-9H3,(H,36,38,40)/t28-,31?,32+,33-,35?/m1/s1. The SMILES string of the molecule is CCCCCC(C)(CCC(=O)OC1[C@@H](CC)O[C@@H](n2ccc(=O)[nH]c2=O)[C@H]1O[Si](C(C)C)(C(C)C)C(C)C)Sc1ccccc1. The van der Waals surface area contributed by atoms with Crippen LogP contribution in [0.3, 0.4) is 0 Å². The Kier molecular flexibility index (Phi) is 13.8. The minimum absolute atomic E-state index is 0.122. The average Bonchev–Trinajstić information content (AvgIpc) is 3.31. The van der Waals surface area contributed by atoms with E-state index in [4.69, 9.17) is 13.9 Å². The Morgan fingerprint density at radius 3 is 2.18 bits per heavy atom. The number of nitrogens with zero attached hydrogens (tertiary/aromatic N) is 1. The molecule has 5 atom stereocenters. The molecule has 2 aromatic rings. The summed E-state index contributed by atoms with van der Waals surface area (Å²) in [5.41, 5.74) is -0.258. The zero-order chi connectivity index (χ0) is 33.4. The lowest BCUT2D eigenvalue weighted by Crippen LogP contribution is -2.54. The van der Waals surface area contributed by atoms with Crippen molar-refractivity contribution in [3.63, 3.8) is 0 Å². The summed E-state index contributed by atoms with van der Waals surface area (Å²) in [6.07, 6.45) is 4.69. The Labute approximate surface area is 275 Å². The predicted octanol–water partition coefficient (Wildman–Crippen LogP) is 8.23. The Morgan fingerprint density at radius 1 is 0.978 bits per heavy atom. The summed E-state index contributed by atoms with van der Waals surface area (Å²) in [4.78, 5) is 42.2. The van der Waals surface area contributed by atoms with E-state index in [2.05, 4.69) is 72.5 Å². The quantitative estimate of drug-likeness (QED) is 0.0790. The van der Waals surface area contributed by atoms with Gasteiger partial charge in [-0.2, -0.15) is 0 Å². The number of H-pyrrole nitrogens is 1. The Morgan fingerprint density at radius 2 is 1.62 bits per heavy atom. The zero-order valence-electron chi connectivity index (χ0n) is 28.8. The highest BCUT2D eigenvalue weighted by Gasteiger charge is 2.55. The van der Waals surface area contributed by atoms with Crippen LogP contribution in [0, 0.1) is 0 Å². The lowest BCUT2D eigenvalue weighted by atomic mass is 9.97. The van der Waals surface area contributed by atoms with Gasteiger partial charge in [0.2, 0.25) is 8.32 Å². The molecule has 10 heteroatoms. The molecule has 252 valence electrons. The third kappa shape index (κ3) is 9.23. The first-order chi connectivity index (χ1) is 21.3. The van der Waals surface area contributed by atoms with Crippen molar-refractivity contribution in [2.24, 2.45) is 0 Å². The fraction of sp³-hybridized carbons (Fsp3) is 0.686. The van der Waals surface area contributed by atoms with Gasteiger partial charge in [0.15, 0.2) is 12.3 Å². The highest BCUT2D eigenvalue weighted by Crippen LogP contribution is 2.47. The number of ether oxygens (including phenoxy) is 2. The fourth-order valence-electron chi connectivity index (χ4n) is 7.13. The molecule has 2 heterocycles. The van der Waals surface area contributed by atoms with Gasteiger partial charge < -0.3 is 13.9 Å². The molecule has 1 aliphatic rings. The third-order valence-electron chi connectivity index (χ3n) is 9.40. The van der Waals surface area contributed by atoms with Crippen LogP contribution in [0.1, 0.15) is 113 Å². The molecule has 0 bridgehead atoms. The maximum absolute atomic E-state index is 13.7. The molecule has 1 aliphatic heterocycles. The first kappa shape index (κ1) is 37.3. The van der Waals surface area contributed by atoms with Crippen LogP contribution >= 0.6 is 11.8 Å². The molecule has 1 N–H and O–H groups in total. The van der Waals surface area contributed by atoms with E-state index in [0.717, 1.165) is 25.7 Å². The maximum atomic E-state index is 13.7. The molecule has 2 unspecified atom stereocenters. The van der Waals surface area contributed by atoms with Crippen LogP contribution in [0.5, 0.6) is 0 Å². The number of hydrogen-bond donors (Lipinski definition) is 1. The van der Waals surface area contributed by atoms with Gasteiger partial charge in [-0.05, 0) is 48.0 Å². The number of carbonyl (C=O) groups excluding carboxylic acids is 1. The Hall–Kier alpha value is -2.14. The summed E-state index contributed by atoms with van der Waals surface area (Å²) >= 11 is 1.83. The van der Waals surface area contributed by atoms with E-state index < -0.39 is 44.1 Å². The van der Waals surface area contributed by atoms with Gasteiger partial charge in [-0.3, -0.25) is 19.1 Å². The van der Waals surface area contributed by atoms with Crippen molar-refractivity contribution in [3.8, 4) is 0 Å². The molecule has 0 amide bonds. The molecular weight excluding hydrogens is 605 g/mol. The molecule has 0 aliphatic carbocycles. The number of benzene rings is 1. The fourth-order valence-corrected chi connectivity index (χ4v) is 14.0. The highest BCUT2D eigenvalue weighted by atomic mass is 32.2. The summed E-state index contributed by atoms with van der Waals surface area (Å²) in [5.74, 6) is -0.286. The second kappa shape index (κ2) is 16.6. The molecule has 1 saturated heterocycles. The Bertz CT molecular complexity index is 1310. The van der Waals surface area contributed by atoms with Gasteiger partial charge in [0.25, 0.3) is 5.56 Å². The van der Waals surface area contributed by atoms with Crippen LogP contribution in [0.4, 0.5) is 0 Å². The molecule has 1 fully saturated rings. The van der Waals surface area contributed by atoms with E-state index in [1.807, 2.05) is 36.9 Å². The van der Waals surface area contributed by atoms with Gasteiger partial charge in [0, 0.05) is 28.3 Å². The molecule has 0 saturated carbocycles. The minimum Gasteiger partial charge on any atom is -0.457 e. The van der Waals surface area contributed by atoms with Crippen molar-refractivity contribution in [3.05, 3.63) is 63.4 Å². The van der Waals surface area contributed by atoms with E-state index in [-0.39, 0.29) is 33.8 Å². The van der Waals surface area contributed by atoms with Crippen LogP contribution in [0.2, 0.25) is 16.6 Å². The maximum Gasteiger partial charge on any atom is 0.330 e. The van der Waals surface area contributed by atoms with Gasteiger partial charge >= 0.3 is 11.7 Å². The van der Waals surface area contributed by atoms with Crippen LogP contribution in [0.15, 0.2) is 57.1 Å². The summed E-state index contributed by atoms with van der Waals surface area (Å²) in [7, 11) is -2.50. The Balaban J connectivity index is 1.93. The summed E-state index contributed by atoms with van der Waals surface area (Å²) in [6.45, 7) is 19.6. The van der Waals surface area contributed by atoms with Crippen LogP contribution in [-0.2, 0) is 18.7 Å². The second-order valence-electron chi connectivity index (χ2n) is 13.7. The number of aromatic nitrogens is 2. The van der Waals surface area contributed by atoms with E-state index in [9.17, 15) is 14.4 Å². The number of thioether (sulfide) groups is 1. The summed E-state index contributed by atoms with van der Waals surface area (Å²) in [5, 5.41) is 0. The lowest BCUT2D eigenvalue weighted by molar-refractivity contribution is -0.155. The largest absolute Gasteiger partial charge is 0.457 e. The predicted molar refractivity (Wildman–Crippen MR) is 185 cm³/mol. The number of hydrogen-bond acceptors (Lipinski definition) is 7. The van der Waals surface area contributed by atoms with Crippen LogP contribution in [-0.4, -0.2) is 46.9 Å². The summed E-state index contributed by atoms with van der Waals surface area (Å²) in [6, 6.07) is 11.7. The van der Waals surface area contributed by atoms with Gasteiger partial charge in [-0.25, -0.2) is 4.79 Å². The van der Waals surface area contributed by atoms with Crippen molar-refractivity contribution >= 4 is 26.0 Å². The minimum atomic E-state index is -2.50. The topological polar surface area (TPSA) is 99.6 Å². The molecular formula is C35H56N2O6SSi. The van der Waals surface area contributed by atoms with Crippen molar-refractivity contribution in [1.82, 2.24) is 9.55 Å². The van der Waals surface area contributed by atoms with Crippen LogP contribution in [0.25, 0.3) is 0 Å². The highest BCUT2D eigenvalue weighted by molar-refractivity contribution is 8.00. The molecule has 45 heavy (non-hydrogen) atoms. The second-order valence-corrected chi connectivity index (χ2v) is 20.7. The van der Waals surface area contributed by atoms with Gasteiger partial charge in [-0.1, -0.05) is 99.8 Å². The molecule has 8 nitrogen and oxygen atoms in total. The van der Waals surface area contributed by atoms with Gasteiger partial charge in [0.1, 0.15) is 6.10 Å². The molecule has 0 radical (unpaired) electrons. The number of carbonyl (C=O) groups is 1. The third-order valence-corrected chi connectivity index (χ3v) is 16.9. The number of rotatable bonds is 17. The van der Waals surface area contributed by atoms with Gasteiger partial charge in [0.05, 0.1) is 6.10 Å². The van der Waals surface area contributed by atoms with E-state index in [1.165, 1.54) is 21.7 Å². The average molecular weight is 661 g/mol. The normalized spacial score (nSPS) is 21.9. The molecule has 1 aromatic carbocycles. The molecule has 0 spiro atoms. The van der Waals surface area contributed by atoms with Crippen molar-refractivity contribution in [1.29, 1.82) is 0 Å². The first-order valence-electron chi connectivity index (χ1n) is 16.9. The van der Waals surface area contributed by atoms with Crippen LogP contribution < -0.4 is 11.2 Å². The first-order valence-corrected chi connectivity index (χ1v) is 19.8. The van der Waals surface area contributed by atoms with Crippen molar-refractivity contribution in [2.45, 2.75) is 158 Å². The van der Waals surface area contributed by atoms with E-state index in [0.29, 0.717) is 12.8 Å². The number of esters is 1. The zero-order valence-corrected chi connectivity index (χ0v) is 30.7. The number of aromatic amines is 1. The van der Waals surface area contributed by atoms with Crippen molar-refractivity contribution < 1.29 is 18.7 Å². The summed E-state index contributed by atoms with van der Waals surface area (Å²) < 4.78 is 21.3. The lowest BCUT2D eigenvalue weighted by Gasteiger charge is -2.45. The number of unbranched alkanes of at least 4 members (excludes halogenated alkanes) is 2.